The number of hydrogen-bond donors (Lipinski definition) is 1. The maximum absolute atomic E-state index is 9.41. The van der Waals surface area contributed by atoms with Crippen LogP contribution in [0.25, 0.3) is 10.9 Å². The highest BCUT2D eigenvalue weighted by Crippen LogP contribution is 2.30. The van der Waals surface area contributed by atoms with E-state index in [1.165, 1.54) is 16.5 Å². The van der Waals surface area contributed by atoms with E-state index in [9.17, 15) is 5.11 Å². The van der Waals surface area contributed by atoms with Gasteiger partial charge in [0.15, 0.2) is 0 Å². The third-order valence-corrected chi connectivity index (χ3v) is 3.02. The summed E-state index contributed by atoms with van der Waals surface area (Å²) in [4.78, 5) is 0. The molecule has 1 N–H and O–H groups in total. The first-order valence-electron chi connectivity index (χ1n) is 6.21. The average Bonchev–Trinajstić information content (AvgIpc) is 2.71. The van der Waals surface area contributed by atoms with Gasteiger partial charge in [-0.1, -0.05) is 45.9 Å². The van der Waals surface area contributed by atoms with Crippen molar-refractivity contribution >= 4 is 10.9 Å². The van der Waals surface area contributed by atoms with Gasteiger partial charge in [-0.3, -0.25) is 0 Å². The van der Waals surface area contributed by atoms with Crippen molar-refractivity contribution in [1.29, 1.82) is 0 Å². The second kappa shape index (κ2) is 5.37. The lowest BCUT2D eigenvalue weighted by Crippen LogP contribution is -2.21. The van der Waals surface area contributed by atoms with E-state index in [-0.39, 0.29) is 12.0 Å². The molecule has 0 radical (unpaired) electrons. The lowest BCUT2D eigenvalue weighted by atomic mass is 9.85. The molecule has 94 valence electrons. The Morgan fingerprint density at radius 3 is 2.35 bits per heavy atom. The van der Waals surface area contributed by atoms with Crippen LogP contribution < -0.4 is 0 Å². The molecule has 0 saturated carbocycles. The Labute approximate surface area is 104 Å². The maximum atomic E-state index is 9.41. The molecule has 0 spiro atoms. The highest BCUT2D eigenvalue weighted by Gasteiger charge is 2.23. The molecule has 1 aromatic heterocycles. The quantitative estimate of drug-likeness (QED) is 0.844. The van der Waals surface area contributed by atoms with Crippen molar-refractivity contribution in [3.63, 3.8) is 0 Å². The summed E-state index contributed by atoms with van der Waals surface area (Å²) in [5, 5.41) is 10.6. The summed E-state index contributed by atoms with van der Waals surface area (Å²) in [6.07, 6.45) is 2.11. The van der Waals surface area contributed by atoms with Crippen molar-refractivity contribution in [2.24, 2.45) is 7.05 Å². The van der Waals surface area contributed by atoms with E-state index in [0.717, 1.165) is 0 Å². The van der Waals surface area contributed by atoms with Crippen LogP contribution in [0.5, 0.6) is 0 Å². The van der Waals surface area contributed by atoms with E-state index in [4.69, 9.17) is 0 Å². The van der Waals surface area contributed by atoms with Crippen molar-refractivity contribution in [3.05, 3.63) is 36.0 Å². The van der Waals surface area contributed by atoms with Crippen LogP contribution in [0.2, 0.25) is 0 Å². The Kier molecular flexibility index (Phi) is 4.35. The predicted molar refractivity (Wildman–Crippen MR) is 74.4 cm³/mol. The van der Waals surface area contributed by atoms with E-state index < -0.39 is 0 Å². The standard InChI is InChI=1S/C13H17NO.C2H6/c1-13(2,9-15)11-8-14(3)12-7-5-4-6-10(11)12;1-2/h4-8,15H,9H2,1-3H3;1-2H3. The summed E-state index contributed by atoms with van der Waals surface area (Å²) < 4.78 is 2.11. The molecule has 0 amide bonds. The number of fused-ring (bicyclic) bond motifs is 1. The largest absolute Gasteiger partial charge is 0.395 e. The fourth-order valence-electron chi connectivity index (χ4n) is 1.97. The van der Waals surface area contributed by atoms with Gasteiger partial charge >= 0.3 is 0 Å². The van der Waals surface area contributed by atoms with Crippen LogP contribution in [0, 0.1) is 0 Å². The summed E-state index contributed by atoms with van der Waals surface area (Å²) in [6.45, 7) is 8.30. The van der Waals surface area contributed by atoms with Crippen molar-refractivity contribution in [1.82, 2.24) is 4.57 Å². The molecule has 1 heterocycles. The summed E-state index contributed by atoms with van der Waals surface area (Å²) in [5.41, 5.74) is 2.25. The summed E-state index contributed by atoms with van der Waals surface area (Å²) in [5.74, 6) is 0. The number of benzene rings is 1. The summed E-state index contributed by atoms with van der Waals surface area (Å²) >= 11 is 0. The monoisotopic (exact) mass is 233 g/mol. The van der Waals surface area contributed by atoms with Gasteiger partial charge in [0.05, 0.1) is 6.61 Å². The number of aliphatic hydroxyl groups is 1. The topological polar surface area (TPSA) is 25.2 Å². The molecule has 0 unspecified atom stereocenters. The van der Waals surface area contributed by atoms with Gasteiger partial charge in [0.25, 0.3) is 0 Å². The van der Waals surface area contributed by atoms with Crippen molar-refractivity contribution < 1.29 is 5.11 Å². The van der Waals surface area contributed by atoms with Crippen molar-refractivity contribution in [2.75, 3.05) is 6.61 Å². The fourth-order valence-corrected chi connectivity index (χ4v) is 1.97. The molecule has 2 aromatic rings. The summed E-state index contributed by atoms with van der Waals surface area (Å²) in [7, 11) is 2.04. The molecule has 0 aliphatic carbocycles. The Bertz CT molecular complexity index is 483. The van der Waals surface area contributed by atoms with Gasteiger partial charge in [-0.25, -0.2) is 0 Å². The van der Waals surface area contributed by atoms with Crippen LogP contribution in [0.15, 0.2) is 30.5 Å². The predicted octanol–water partition coefficient (Wildman–Crippen LogP) is 3.47. The smallest absolute Gasteiger partial charge is 0.0523 e. The molecule has 2 heteroatoms. The maximum Gasteiger partial charge on any atom is 0.0523 e. The van der Waals surface area contributed by atoms with Gasteiger partial charge in [0.1, 0.15) is 0 Å². The first-order valence-corrected chi connectivity index (χ1v) is 6.21. The molecule has 17 heavy (non-hydrogen) atoms. The highest BCUT2D eigenvalue weighted by molar-refractivity contribution is 5.84. The van der Waals surface area contributed by atoms with Crippen LogP contribution in [-0.4, -0.2) is 16.3 Å². The van der Waals surface area contributed by atoms with Crippen molar-refractivity contribution in [3.8, 4) is 0 Å². The zero-order chi connectivity index (χ0) is 13.1. The van der Waals surface area contributed by atoms with Gasteiger partial charge in [0, 0.05) is 29.6 Å². The molecule has 0 aliphatic rings. The van der Waals surface area contributed by atoms with E-state index in [1.54, 1.807) is 0 Å². The zero-order valence-corrected chi connectivity index (χ0v) is 11.5. The minimum Gasteiger partial charge on any atom is -0.395 e. The number of hydrogen-bond acceptors (Lipinski definition) is 1. The third kappa shape index (κ3) is 2.52. The van der Waals surface area contributed by atoms with Crippen LogP contribution in [0.4, 0.5) is 0 Å². The minimum absolute atomic E-state index is 0.168. The SMILES string of the molecule is CC.Cn1cc(C(C)(C)CO)c2ccccc21. The van der Waals surface area contributed by atoms with Gasteiger partial charge in [0.2, 0.25) is 0 Å². The Morgan fingerprint density at radius 1 is 1.18 bits per heavy atom. The molecule has 2 nitrogen and oxygen atoms in total. The highest BCUT2D eigenvalue weighted by atomic mass is 16.3. The first kappa shape index (κ1) is 13.8. The van der Waals surface area contributed by atoms with E-state index in [2.05, 4.69) is 36.7 Å². The zero-order valence-electron chi connectivity index (χ0n) is 11.5. The molecule has 0 fully saturated rings. The van der Waals surface area contributed by atoms with Crippen LogP contribution in [-0.2, 0) is 12.5 Å². The Hall–Kier alpha value is -1.28. The second-order valence-corrected chi connectivity index (χ2v) is 4.71. The van der Waals surface area contributed by atoms with E-state index in [0.29, 0.717) is 0 Å². The molecule has 0 atom stereocenters. The number of aryl methyl sites for hydroxylation is 1. The molecule has 0 aliphatic heterocycles. The first-order chi connectivity index (χ1) is 8.06. The molecule has 1 aromatic carbocycles. The number of rotatable bonds is 2. The Morgan fingerprint density at radius 2 is 1.76 bits per heavy atom. The normalized spacial score (nSPS) is 11.2. The van der Waals surface area contributed by atoms with E-state index in [1.807, 2.05) is 33.0 Å². The lowest BCUT2D eigenvalue weighted by Gasteiger charge is -2.20. The summed E-state index contributed by atoms with van der Waals surface area (Å²) in [6, 6.07) is 8.30. The molecule has 0 bridgehead atoms. The van der Waals surface area contributed by atoms with Gasteiger partial charge in [-0.05, 0) is 11.6 Å². The second-order valence-electron chi connectivity index (χ2n) is 4.71. The van der Waals surface area contributed by atoms with Gasteiger partial charge in [-0.15, -0.1) is 0 Å². The fraction of sp³-hybridized carbons (Fsp3) is 0.467. The number of aromatic nitrogens is 1. The number of nitrogens with zero attached hydrogens (tertiary/aromatic N) is 1. The van der Waals surface area contributed by atoms with E-state index >= 15 is 0 Å². The number of para-hydroxylation sites is 1. The molecule has 0 saturated heterocycles. The van der Waals surface area contributed by atoms with Gasteiger partial charge in [-0.2, -0.15) is 0 Å². The van der Waals surface area contributed by atoms with Crippen LogP contribution >= 0.6 is 0 Å². The van der Waals surface area contributed by atoms with Crippen LogP contribution in [0.3, 0.4) is 0 Å². The lowest BCUT2D eigenvalue weighted by molar-refractivity contribution is 0.219. The Balaban J connectivity index is 0.000000686. The number of aliphatic hydroxyl groups excluding tert-OH is 1. The minimum atomic E-state index is -0.180. The molecular weight excluding hydrogens is 210 g/mol. The van der Waals surface area contributed by atoms with Crippen LogP contribution in [0.1, 0.15) is 33.3 Å². The average molecular weight is 233 g/mol. The molecule has 2 rings (SSSR count). The third-order valence-electron chi connectivity index (χ3n) is 3.02. The molecular formula is C15H23NO. The van der Waals surface area contributed by atoms with Gasteiger partial charge < -0.3 is 9.67 Å². The van der Waals surface area contributed by atoms with Crippen molar-refractivity contribution in [2.45, 2.75) is 33.1 Å².